The zero-order chi connectivity index (χ0) is 10.8. The molecular formula is C10H5BrClNO2. The van der Waals surface area contributed by atoms with Gasteiger partial charge >= 0.3 is 0 Å². The van der Waals surface area contributed by atoms with Crippen LogP contribution in [0, 0.1) is 0 Å². The lowest BCUT2D eigenvalue weighted by molar-refractivity contribution is 0.112. The first kappa shape index (κ1) is 10.4. The summed E-state index contributed by atoms with van der Waals surface area (Å²) >= 11 is 9.22. The van der Waals surface area contributed by atoms with Gasteiger partial charge in [0.2, 0.25) is 0 Å². The minimum atomic E-state index is 0.401. The summed E-state index contributed by atoms with van der Waals surface area (Å²) in [5.74, 6) is 0. The van der Waals surface area contributed by atoms with Crippen LogP contribution in [-0.2, 0) is 0 Å². The number of carbonyl (C=O) groups is 1. The second kappa shape index (κ2) is 4.16. The summed E-state index contributed by atoms with van der Waals surface area (Å²) in [7, 11) is 0. The minimum Gasteiger partial charge on any atom is -0.363 e. The highest BCUT2D eigenvalue weighted by Crippen LogP contribution is 2.31. The number of aromatic nitrogens is 1. The quantitative estimate of drug-likeness (QED) is 0.793. The molecule has 2 aromatic rings. The summed E-state index contributed by atoms with van der Waals surface area (Å²) in [6.07, 6.45) is 1.99. The summed E-state index contributed by atoms with van der Waals surface area (Å²) < 4.78 is 5.55. The van der Waals surface area contributed by atoms with Gasteiger partial charge in [0, 0.05) is 15.1 Å². The van der Waals surface area contributed by atoms with Crippen molar-refractivity contribution < 1.29 is 9.32 Å². The standard InChI is InChI=1S/C10H5BrClNO2/c11-9-2-1-7(12)3-8(9)10-6(4-14)5-15-13-10/h1-5H. The van der Waals surface area contributed by atoms with Gasteiger partial charge in [0.05, 0.1) is 5.56 Å². The maximum Gasteiger partial charge on any atom is 0.155 e. The van der Waals surface area contributed by atoms with Crippen molar-refractivity contribution in [1.82, 2.24) is 5.16 Å². The average molecular weight is 287 g/mol. The second-order valence-corrected chi connectivity index (χ2v) is 4.15. The zero-order valence-electron chi connectivity index (χ0n) is 7.41. The van der Waals surface area contributed by atoms with Crippen molar-refractivity contribution in [2.75, 3.05) is 0 Å². The van der Waals surface area contributed by atoms with Crippen LogP contribution < -0.4 is 0 Å². The predicted molar refractivity (Wildman–Crippen MR) is 60.0 cm³/mol. The molecule has 76 valence electrons. The van der Waals surface area contributed by atoms with E-state index < -0.39 is 0 Å². The van der Waals surface area contributed by atoms with Gasteiger partial charge in [0.15, 0.2) is 6.29 Å². The topological polar surface area (TPSA) is 43.1 Å². The molecule has 0 unspecified atom stereocenters. The first-order valence-electron chi connectivity index (χ1n) is 4.07. The van der Waals surface area contributed by atoms with Crippen molar-refractivity contribution in [3.63, 3.8) is 0 Å². The fourth-order valence-corrected chi connectivity index (χ4v) is 1.82. The highest BCUT2D eigenvalue weighted by atomic mass is 79.9. The number of rotatable bonds is 2. The van der Waals surface area contributed by atoms with Crippen LogP contribution in [0.25, 0.3) is 11.3 Å². The minimum absolute atomic E-state index is 0.401. The molecule has 0 aliphatic heterocycles. The van der Waals surface area contributed by atoms with E-state index in [0.717, 1.165) is 10.0 Å². The van der Waals surface area contributed by atoms with Crippen LogP contribution in [0.2, 0.25) is 5.02 Å². The maximum absolute atomic E-state index is 10.7. The Morgan fingerprint density at radius 2 is 2.27 bits per heavy atom. The van der Waals surface area contributed by atoms with Gasteiger partial charge in [-0.2, -0.15) is 0 Å². The number of carbonyl (C=O) groups excluding carboxylic acids is 1. The van der Waals surface area contributed by atoms with E-state index in [4.69, 9.17) is 16.1 Å². The summed E-state index contributed by atoms with van der Waals surface area (Å²) in [6.45, 7) is 0. The molecule has 0 atom stereocenters. The predicted octanol–water partition coefficient (Wildman–Crippen LogP) is 3.57. The third-order valence-electron chi connectivity index (χ3n) is 1.91. The van der Waals surface area contributed by atoms with E-state index in [9.17, 15) is 4.79 Å². The van der Waals surface area contributed by atoms with Crippen molar-refractivity contribution in [2.24, 2.45) is 0 Å². The summed E-state index contributed by atoms with van der Waals surface area (Å²) in [4.78, 5) is 10.7. The molecule has 0 amide bonds. The van der Waals surface area contributed by atoms with Crippen molar-refractivity contribution in [3.05, 3.63) is 39.5 Å². The first-order valence-corrected chi connectivity index (χ1v) is 5.24. The van der Waals surface area contributed by atoms with Crippen molar-refractivity contribution in [2.45, 2.75) is 0 Å². The molecule has 0 N–H and O–H groups in total. The van der Waals surface area contributed by atoms with Crippen LogP contribution in [0.4, 0.5) is 0 Å². The Kier molecular flexibility index (Phi) is 2.88. The molecule has 0 aliphatic carbocycles. The van der Waals surface area contributed by atoms with Gasteiger partial charge in [0.25, 0.3) is 0 Å². The Bertz CT molecular complexity index is 510. The van der Waals surface area contributed by atoms with E-state index in [1.807, 2.05) is 0 Å². The molecule has 3 nitrogen and oxygen atoms in total. The molecule has 0 aliphatic rings. The number of halogens is 2. The molecule has 1 aromatic heterocycles. The van der Waals surface area contributed by atoms with E-state index in [0.29, 0.717) is 22.6 Å². The third-order valence-corrected chi connectivity index (χ3v) is 2.83. The molecule has 1 aromatic carbocycles. The summed E-state index contributed by atoms with van der Waals surface area (Å²) in [5.41, 5.74) is 1.62. The van der Waals surface area contributed by atoms with Crippen molar-refractivity contribution >= 4 is 33.8 Å². The Balaban J connectivity index is 2.62. The highest BCUT2D eigenvalue weighted by molar-refractivity contribution is 9.10. The number of hydrogen-bond donors (Lipinski definition) is 0. The molecule has 1 heterocycles. The number of aldehydes is 1. The Hall–Kier alpha value is -1.13. The van der Waals surface area contributed by atoms with Crippen molar-refractivity contribution in [1.29, 1.82) is 0 Å². The molecular weight excluding hydrogens is 281 g/mol. The molecule has 5 heteroatoms. The maximum atomic E-state index is 10.7. The van der Waals surface area contributed by atoms with Crippen LogP contribution in [0.15, 0.2) is 33.5 Å². The normalized spacial score (nSPS) is 10.3. The Morgan fingerprint density at radius 3 is 3.00 bits per heavy atom. The van der Waals surface area contributed by atoms with Gasteiger partial charge in [0.1, 0.15) is 12.0 Å². The molecule has 15 heavy (non-hydrogen) atoms. The van der Waals surface area contributed by atoms with Gasteiger partial charge in [-0.15, -0.1) is 0 Å². The summed E-state index contributed by atoms with van der Waals surface area (Å²) in [6, 6.07) is 5.26. The zero-order valence-corrected chi connectivity index (χ0v) is 9.75. The van der Waals surface area contributed by atoms with Crippen LogP contribution >= 0.6 is 27.5 Å². The molecule has 0 bridgehead atoms. The summed E-state index contributed by atoms with van der Waals surface area (Å²) in [5, 5.41) is 4.34. The smallest absolute Gasteiger partial charge is 0.155 e. The van der Waals surface area contributed by atoms with Crippen LogP contribution in [0.3, 0.4) is 0 Å². The van der Waals surface area contributed by atoms with E-state index in [1.165, 1.54) is 6.26 Å². The lowest BCUT2D eigenvalue weighted by Crippen LogP contribution is -1.85. The molecule has 2 rings (SSSR count). The number of hydrogen-bond acceptors (Lipinski definition) is 3. The molecule has 0 saturated carbocycles. The average Bonchev–Trinajstić information content (AvgIpc) is 2.69. The van der Waals surface area contributed by atoms with Gasteiger partial charge in [-0.25, -0.2) is 0 Å². The monoisotopic (exact) mass is 285 g/mol. The highest BCUT2D eigenvalue weighted by Gasteiger charge is 2.12. The van der Waals surface area contributed by atoms with Crippen LogP contribution in [0.5, 0.6) is 0 Å². The largest absolute Gasteiger partial charge is 0.363 e. The number of benzene rings is 1. The first-order chi connectivity index (χ1) is 7.22. The molecule has 0 saturated heterocycles. The van der Waals surface area contributed by atoms with Crippen molar-refractivity contribution in [3.8, 4) is 11.3 Å². The van der Waals surface area contributed by atoms with E-state index >= 15 is 0 Å². The van der Waals surface area contributed by atoms with Crippen LogP contribution in [-0.4, -0.2) is 11.4 Å². The van der Waals surface area contributed by atoms with Crippen LogP contribution in [0.1, 0.15) is 10.4 Å². The fourth-order valence-electron chi connectivity index (χ4n) is 1.21. The molecule has 0 radical (unpaired) electrons. The molecule has 0 spiro atoms. The van der Waals surface area contributed by atoms with E-state index in [-0.39, 0.29) is 0 Å². The van der Waals surface area contributed by atoms with Gasteiger partial charge in [-0.3, -0.25) is 4.79 Å². The van der Waals surface area contributed by atoms with E-state index in [2.05, 4.69) is 21.1 Å². The Labute approximate surface area is 99.2 Å². The van der Waals surface area contributed by atoms with Gasteiger partial charge in [-0.05, 0) is 18.2 Å². The Morgan fingerprint density at radius 1 is 1.47 bits per heavy atom. The SMILES string of the molecule is O=Cc1conc1-c1cc(Cl)ccc1Br. The molecule has 0 fully saturated rings. The third kappa shape index (κ3) is 1.96. The van der Waals surface area contributed by atoms with E-state index in [1.54, 1.807) is 18.2 Å². The number of nitrogens with zero attached hydrogens (tertiary/aromatic N) is 1. The lowest BCUT2D eigenvalue weighted by atomic mass is 10.1. The fraction of sp³-hybridized carbons (Fsp3) is 0. The van der Waals surface area contributed by atoms with Gasteiger partial charge < -0.3 is 4.52 Å². The van der Waals surface area contributed by atoms with Gasteiger partial charge in [-0.1, -0.05) is 32.7 Å². The lowest BCUT2D eigenvalue weighted by Gasteiger charge is -2.01. The second-order valence-electron chi connectivity index (χ2n) is 2.86.